The van der Waals surface area contributed by atoms with Gasteiger partial charge in [0.05, 0.1) is 12.6 Å². The molecule has 5 nitrogen and oxygen atoms in total. The molecule has 1 aliphatic heterocycles. The minimum Gasteiger partial charge on any atom is -0.376 e. The van der Waals surface area contributed by atoms with Crippen molar-refractivity contribution in [1.82, 2.24) is 9.80 Å². The van der Waals surface area contributed by atoms with Crippen LogP contribution in [0, 0.1) is 0 Å². The van der Waals surface area contributed by atoms with E-state index in [1.54, 1.807) is 16.2 Å². The Morgan fingerprint density at radius 2 is 1.73 bits per heavy atom. The Kier molecular flexibility index (Phi) is 10.3. The van der Waals surface area contributed by atoms with Crippen LogP contribution in [-0.4, -0.2) is 47.4 Å². The third-order valence-corrected chi connectivity index (χ3v) is 7.69. The summed E-state index contributed by atoms with van der Waals surface area (Å²) in [6, 6.07) is 22.0. The standard InChI is InChI=1S/C31H38N2O3S/c1-2-3-5-10-25-15-17-27(18-16-25)31(35)33(22-28-13-8-19-36-28)24-30(34)32(23-29-14-9-20-37-29)21-26-11-6-4-7-12-26/h4,6-7,9,11-12,14-18,20,28H,2-3,5,8,10,13,19,21-24H2,1H3. The lowest BCUT2D eigenvalue weighted by Gasteiger charge is -2.29. The second-order valence-electron chi connectivity index (χ2n) is 9.79. The fourth-order valence-electron chi connectivity index (χ4n) is 4.72. The van der Waals surface area contributed by atoms with E-state index >= 15 is 0 Å². The molecule has 0 radical (unpaired) electrons. The molecule has 3 aromatic rings. The first-order valence-electron chi connectivity index (χ1n) is 13.5. The number of rotatable bonds is 13. The number of amides is 2. The predicted octanol–water partition coefficient (Wildman–Crippen LogP) is 6.33. The van der Waals surface area contributed by atoms with E-state index in [2.05, 4.69) is 6.92 Å². The van der Waals surface area contributed by atoms with Gasteiger partial charge in [-0.1, -0.05) is 68.3 Å². The van der Waals surface area contributed by atoms with Crippen LogP contribution in [0.15, 0.2) is 72.1 Å². The van der Waals surface area contributed by atoms with E-state index in [9.17, 15) is 9.59 Å². The third kappa shape index (κ3) is 8.27. The molecular weight excluding hydrogens is 480 g/mol. The number of thiophene rings is 1. The van der Waals surface area contributed by atoms with Gasteiger partial charge in [-0.15, -0.1) is 11.3 Å². The quantitative estimate of drug-likeness (QED) is 0.248. The first-order chi connectivity index (χ1) is 18.1. The minimum atomic E-state index is -0.111. The van der Waals surface area contributed by atoms with E-state index in [0.717, 1.165) is 36.1 Å². The normalized spacial score (nSPS) is 15.0. The number of nitrogens with zero attached hydrogens (tertiary/aromatic N) is 2. The van der Waals surface area contributed by atoms with Gasteiger partial charge in [0.15, 0.2) is 0 Å². The molecule has 0 bridgehead atoms. The molecule has 1 unspecified atom stereocenters. The Labute approximate surface area is 225 Å². The zero-order valence-corrected chi connectivity index (χ0v) is 22.6. The summed E-state index contributed by atoms with van der Waals surface area (Å²) < 4.78 is 5.85. The molecule has 2 aromatic carbocycles. The highest BCUT2D eigenvalue weighted by Gasteiger charge is 2.27. The van der Waals surface area contributed by atoms with Crippen LogP contribution < -0.4 is 0 Å². The van der Waals surface area contributed by atoms with E-state index < -0.39 is 0 Å². The lowest BCUT2D eigenvalue weighted by atomic mass is 10.0. The van der Waals surface area contributed by atoms with Crippen LogP contribution in [-0.2, 0) is 29.0 Å². The Bertz CT molecular complexity index is 1090. The number of aryl methyl sites for hydroxylation is 1. The van der Waals surface area contributed by atoms with Crippen LogP contribution >= 0.6 is 11.3 Å². The summed E-state index contributed by atoms with van der Waals surface area (Å²) in [6.45, 7) is 4.42. The van der Waals surface area contributed by atoms with E-state index in [1.807, 2.05) is 77.0 Å². The number of hydrogen-bond donors (Lipinski definition) is 0. The molecule has 0 aliphatic carbocycles. The van der Waals surface area contributed by atoms with E-state index in [4.69, 9.17) is 4.74 Å². The number of benzene rings is 2. The van der Waals surface area contributed by atoms with Crippen LogP contribution in [0.4, 0.5) is 0 Å². The Morgan fingerprint density at radius 3 is 2.41 bits per heavy atom. The molecule has 196 valence electrons. The van der Waals surface area contributed by atoms with Gasteiger partial charge in [-0.25, -0.2) is 0 Å². The Morgan fingerprint density at radius 1 is 0.919 bits per heavy atom. The molecule has 6 heteroatoms. The number of carbonyl (C=O) groups excluding carboxylic acids is 2. The van der Waals surface area contributed by atoms with Crippen LogP contribution in [0.1, 0.15) is 65.4 Å². The van der Waals surface area contributed by atoms with Crippen molar-refractivity contribution in [2.75, 3.05) is 19.7 Å². The molecule has 0 saturated carbocycles. The first-order valence-corrected chi connectivity index (χ1v) is 14.3. The lowest BCUT2D eigenvalue weighted by Crippen LogP contribution is -2.45. The van der Waals surface area contributed by atoms with Crippen molar-refractivity contribution in [2.24, 2.45) is 0 Å². The van der Waals surface area contributed by atoms with Crippen LogP contribution in [0.3, 0.4) is 0 Å². The van der Waals surface area contributed by atoms with Gasteiger partial charge in [-0.2, -0.15) is 0 Å². The average Bonchev–Trinajstić information content (AvgIpc) is 3.63. The van der Waals surface area contributed by atoms with Crippen molar-refractivity contribution in [3.8, 4) is 0 Å². The molecule has 1 saturated heterocycles. The Balaban J connectivity index is 1.49. The fourth-order valence-corrected chi connectivity index (χ4v) is 5.44. The smallest absolute Gasteiger partial charge is 0.254 e. The van der Waals surface area contributed by atoms with Gasteiger partial charge in [0.2, 0.25) is 5.91 Å². The summed E-state index contributed by atoms with van der Waals surface area (Å²) in [7, 11) is 0. The molecule has 2 amide bonds. The second kappa shape index (κ2) is 14.1. The van der Waals surface area contributed by atoms with Gasteiger partial charge < -0.3 is 14.5 Å². The van der Waals surface area contributed by atoms with Crippen LogP contribution in [0.25, 0.3) is 0 Å². The van der Waals surface area contributed by atoms with Gasteiger partial charge in [0.1, 0.15) is 6.54 Å². The molecule has 1 atom stereocenters. The molecule has 1 aromatic heterocycles. The number of hydrogen-bond acceptors (Lipinski definition) is 4. The largest absolute Gasteiger partial charge is 0.376 e. The van der Waals surface area contributed by atoms with Gasteiger partial charge in [-0.3, -0.25) is 9.59 Å². The number of ether oxygens (including phenoxy) is 1. The van der Waals surface area contributed by atoms with Gasteiger partial charge in [0, 0.05) is 30.1 Å². The van der Waals surface area contributed by atoms with E-state index in [1.165, 1.54) is 18.4 Å². The highest BCUT2D eigenvalue weighted by Crippen LogP contribution is 2.19. The fraction of sp³-hybridized carbons (Fsp3) is 0.419. The zero-order valence-electron chi connectivity index (χ0n) is 21.8. The molecule has 4 rings (SSSR count). The molecule has 37 heavy (non-hydrogen) atoms. The average molecular weight is 519 g/mol. The van der Waals surface area contributed by atoms with Crippen molar-refractivity contribution in [1.29, 1.82) is 0 Å². The van der Waals surface area contributed by atoms with Crippen molar-refractivity contribution < 1.29 is 14.3 Å². The van der Waals surface area contributed by atoms with E-state index in [0.29, 0.717) is 31.8 Å². The molecule has 1 aliphatic rings. The SMILES string of the molecule is CCCCCc1ccc(C(=O)N(CC(=O)N(Cc2ccccc2)Cc2cccs2)CC2CCCO2)cc1. The maximum Gasteiger partial charge on any atom is 0.254 e. The zero-order chi connectivity index (χ0) is 25.9. The summed E-state index contributed by atoms with van der Waals surface area (Å²) in [5.41, 5.74) is 2.94. The highest BCUT2D eigenvalue weighted by molar-refractivity contribution is 7.09. The summed E-state index contributed by atoms with van der Waals surface area (Å²) in [4.78, 5) is 32.0. The number of unbranched alkanes of at least 4 members (excludes halogenated alkanes) is 2. The molecule has 0 spiro atoms. The van der Waals surface area contributed by atoms with Gasteiger partial charge in [-0.05, 0) is 60.4 Å². The van der Waals surface area contributed by atoms with Crippen LogP contribution in [0.5, 0.6) is 0 Å². The highest BCUT2D eigenvalue weighted by atomic mass is 32.1. The molecule has 2 heterocycles. The van der Waals surface area contributed by atoms with E-state index in [-0.39, 0.29) is 24.5 Å². The summed E-state index contributed by atoms with van der Waals surface area (Å²) >= 11 is 1.64. The van der Waals surface area contributed by atoms with Crippen molar-refractivity contribution >= 4 is 23.2 Å². The maximum absolute atomic E-state index is 13.7. The maximum atomic E-state index is 13.7. The Hall–Kier alpha value is -2.96. The topological polar surface area (TPSA) is 49.9 Å². The minimum absolute atomic E-state index is 0.0232. The van der Waals surface area contributed by atoms with Crippen molar-refractivity contribution in [3.05, 3.63) is 93.7 Å². The monoisotopic (exact) mass is 518 g/mol. The first kappa shape index (κ1) is 27.1. The van der Waals surface area contributed by atoms with Crippen molar-refractivity contribution in [2.45, 2.75) is 64.6 Å². The number of carbonyl (C=O) groups is 2. The van der Waals surface area contributed by atoms with Gasteiger partial charge >= 0.3 is 0 Å². The lowest BCUT2D eigenvalue weighted by molar-refractivity contribution is -0.133. The molecule has 0 N–H and O–H groups in total. The summed E-state index contributed by atoms with van der Waals surface area (Å²) in [5, 5.41) is 2.03. The molecular formula is C31H38N2O3S. The summed E-state index contributed by atoms with van der Waals surface area (Å²) in [6.07, 6.45) is 6.47. The summed E-state index contributed by atoms with van der Waals surface area (Å²) in [5.74, 6) is -0.167. The predicted molar refractivity (Wildman–Crippen MR) is 150 cm³/mol. The second-order valence-corrected chi connectivity index (χ2v) is 10.8. The van der Waals surface area contributed by atoms with Crippen molar-refractivity contribution in [3.63, 3.8) is 0 Å². The van der Waals surface area contributed by atoms with Gasteiger partial charge in [0.25, 0.3) is 5.91 Å². The third-order valence-electron chi connectivity index (χ3n) is 6.83. The van der Waals surface area contributed by atoms with Crippen LogP contribution in [0.2, 0.25) is 0 Å². The molecule has 1 fully saturated rings.